The third-order valence-corrected chi connectivity index (χ3v) is 4.35. The van der Waals surface area contributed by atoms with E-state index in [1.807, 2.05) is 18.2 Å². The van der Waals surface area contributed by atoms with Crippen molar-refractivity contribution in [3.8, 4) is 5.75 Å². The zero-order chi connectivity index (χ0) is 17.9. The molecule has 130 valence electrons. The quantitative estimate of drug-likeness (QED) is 0.718. The number of rotatable bonds is 4. The van der Waals surface area contributed by atoms with Gasteiger partial charge in [0.15, 0.2) is 5.84 Å². The fraction of sp³-hybridized carbons (Fsp3) is 0.100. The van der Waals surface area contributed by atoms with Gasteiger partial charge >= 0.3 is 0 Å². The summed E-state index contributed by atoms with van der Waals surface area (Å²) in [6.45, 7) is 0.728. The van der Waals surface area contributed by atoms with Crippen LogP contribution < -0.4 is 10.1 Å². The van der Waals surface area contributed by atoms with Crippen LogP contribution in [-0.2, 0) is 13.2 Å². The van der Waals surface area contributed by atoms with Crippen LogP contribution in [0.5, 0.6) is 5.75 Å². The Kier molecular flexibility index (Phi) is 4.54. The second-order valence-electron chi connectivity index (χ2n) is 5.83. The van der Waals surface area contributed by atoms with E-state index in [1.165, 1.54) is 6.07 Å². The van der Waals surface area contributed by atoms with Gasteiger partial charge in [-0.05, 0) is 30.3 Å². The average Bonchev–Trinajstić information content (AvgIpc) is 3.05. The van der Waals surface area contributed by atoms with Gasteiger partial charge in [0, 0.05) is 23.0 Å². The molecule has 26 heavy (non-hydrogen) atoms. The summed E-state index contributed by atoms with van der Waals surface area (Å²) in [4.78, 5) is 8.83. The molecule has 0 unspecified atom stereocenters. The highest BCUT2D eigenvalue weighted by molar-refractivity contribution is 6.32. The zero-order valence-electron chi connectivity index (χ0n) is 13.7. The Morgan fingerprint density at radius 2 is 2.00 bits per heavy atom. The molecule has 4 rings (SSSR count). The van der Waals surface area contributed by atoms with Crippen molar-refractivity contribution in [1.29, 1.82) is 0 Å². The van der Waals surface area contributed by atoms with Crippen molar-refractivity contribution in [1.82, 2.24) is 4.98 Å². The molecule has 1 aliphatic rings. The van der Waals surface area contributed by atoms with E-state index in [9.17, 15) is 4.39 Å². The molecule has 0 spiro atoms. The summed E-state index contributed by atoms with van der Waals surface area (Å²) in [6, 6.07) is 15.7. The summed E-state index contributed by atoms with van der Waals surface area (Å²) >= 11 is 6.31. The summed E-state index contributed by atoms with van der Waals surface area (Å²) in [5, 5.41) is 3.67. The van der Waals surface area contributed by atoms with E-state index in [2.05, 4.69) is 15.3 Å². The molecule has 0 fully saturated rings. The predicted octanol–water partition coefficient (Wildman–Crippen LogP) is 4.83. The Labute approximate surface area is 155 Å². The molecule has 6 heteroatoms. The van der Waals surface area contributed by atoms with Crippen molar-refractivity contribution >= 4 is 23.1 Å². The van der Waals surface area contributed by atoms with Gasteiger partial charge in [-0.3, -0.25) is 9.98 Å². The van der Waals surface area contributed by atoms with E-state index in [0.29, 0.717) is 22.9 Å². The molecule has 4 nitrogen and oxygen atoms in total. The lowest BCUT2D eigenvalue weighted by Gasteiger charge is -2.11. The number of hydrogen-bond donors (Lipinski definition) is 1. The summed E-state index contributed by atoms with van der Waals surface area (Å²) in [5.41, 5.74) is 3.20. The molecule has 0 radical (unpaired) electrons. The molecule has 3 aromatic rings. The number of aliphatic imine (C=N–C) groups is 1. The number of aromatic nitrogens is 1. The monoisotopic (exact) mass is 367 g/mol. The number of nitrogens with one attached hydrogen (secondary N) is 1. The number of amidine groups is 1. The standard InChI is InChI=1S/C20H15ClFN3O/c21-16-10-15(25-20-19-13(11-24-20)5-3-9-23-19)7-8-18(16)26-12-14-4-1-2-6-17(14)22/h1-10H,11-12H2,(H,24,25). The number of pyridine rings is 1. The maximum atomic E-state index is 13.7. The van der Waals surface area contributed by atoms with Crippen molar-refractivity contribution in [3.05, 3.63) is 88.5 Å². The van der Waals surface area contributed by atoms with Crippen LogP contribution in [-0.4, -0.2) is 10.8 Å². The molecular formula is C20H15ClFN3O. The smallest absolute Gasteiger partial charge is 0.152 e. The first-order valence-corrected chi connectivity index (χ1v) is 8.50. The number of halogens is 2. The van der Waals surface area contributed by atoms with Gasteiger partial charge in [-0.15, -0.1) is 0 Å². The highest BCUT2D eigenvalue weighted by Crippen LogP contribution is 2.29. The molecule has 2 heterocycles. The Morgan fingerprint density at radius 1 is 1.12 bits per heavy atom. The minimum absolute atomic E-state index is 0.114. The van der Waals surface area contributed by atoms with Gasteiger partial charge < -0.3 is 10.1 Å². The van der Waals surface area contributed by atoms with Crippen molar-refractivity contribution < 1.29 is 9.13 Å². The molecule has 0 saturated carbocycles. The highest BCUT2D eigenvalue weighted by atomic mass is 35.5. The summed E-state index contributed by atoms with van der Waals surface area (Å²) < 4.78 is 19.3. The maximum absolute atomic E-state index is 13.7. The first-order chi connectivity index (χ1) is 12.7. The van der Waals surface area contributed by atoms with E-state index in [-0.39, 0.29) is 12.4 Å². The SMILES string of the molecule is Fc1ccccc1COc1ccc(NC2=NCc3cccnc32)cc1Cl. The van der Waals surface area contributed by atoms with E-state index in [0.717, 1.165) is 22.8 Å². The minimum atomic E-state index is -0.299. The van der Waals surface area contributed by atoms with Gasteiger partial charge in [-0.1, -0.05) is 35.9 Å². The number of ether oxygens (including phenoxy) is 1. The summed E-state index contributed by atoms with van der Waals surface area (Å²) in [7, 11) is 0. The summed E-state index contributed by atoms with van der Waals surface area (Å²) in [5.74, 6) is 0.913. The second kappa shape index (κ2) is 7.14. The normalized spacial score (nSPS) is 12.5. The number of hydrogen-bond acceptors (Lipinski definition) is 4. The van der Waals surface area contributed by atoms with Gasteiger partial charge in [0.05, 0.1) is 11.6 Å². The molecule has 0 atom stereocenters. The number of fused-ring (bicyclic) bond motifs is 1. The second-order valence-corrected chi connectivity index (χ2v) is 6.23. The first-order valence-electron chi connectivity index (χ1n) is 8.12. The average molecular weight is 368 g/mol. The topological polar surface area (TPSA) is 46.5 Å². The third-order valence-electron chi connectivity index (χ3n) is 4.06. The van der Waals surface area contributed by atoms with Crippen molar-refractivity contribution in [2.24, 2.45) is 4.99 Å². The fourth-order valence-electron chi connectivity index (χ4n) is 2.72. The Hall–Kier alpha value is -2.92. The lowest BCUT2D eigenvalue weighted by atomic mass is 10.2. The maximum Gasteiger partial charge on any atom is 0.152 e. The molecule has 2 aromatic carbocycles. The van der Waals surface area contributed by atoms with Crippen molar-refractivity contribution in [2.75, 3.05) is 5.32 Å². The van der Waals surface area contributed by atoms with Crippen molar-refractivity contribution in [3.63, 3.8) is 0 Å². The third kappa shape index (κ3) is 3.39. The predicted molar refractivity (Wildman–Crippen MR) is 100 cm³/mol. The van der Waals surface area contributed by atoms with E-state index < -0.39 is 0 Å². The Morgan fingerprint density at radius 3 is 2.85 bits per heavy atom. The van der Waals surface area contributed by atoms with E-state index in [4.69, 9.17) is 16.3 Å². The van der Waals surface area contributed by atoms with E-state index in [1.54, 1.807) is 36.5 Å². The Bertz CT molecular complexity index is 990. The lowest BCUT2D eigenvalue weighted by molar-refractivity contribution is 0.300. The van der Waals surface area contributed by atoms with Gasteiger partial charge in [0.2, 0.25) is 0 Å². The zero-order valence-corrected chi connectivity index (χ0v) is 14.5. The number of anilines is 1. The highest BCUT2D eigenvalue weighted by Gasteiger charge is 2.17. The Balaban J connectivity index is 1.46. The largest absolute Gasteiger partial charge is 0.487 e. The van der Waals surface area contributed by atoms with Gasteiger partial charge in [-0.2, -0.15) is 0 Å². The molecule has 1 aliphatic heterocycles. The summed E-state index contributed by atoms with van der Waals surface area (Å²) in [6.07, 6.45) is 1.74. The fourth-order valence-corrected chi connectivity index (χ4v) is 2.96. The van der Waals surface area contributed by atoms with Crippen LogP contribution in [0.15, 0.2) is 65.8 Å². The van der Waals surface area contributed by atoms with Crippen molar-refractivity contribution in [2.45, 2.75) is 13.2 Å². The van der Waals surface area contributed by atoms with Crippen LogP contribution in [0.4, 0.5) is 10.1 Å². The van der Waals surface area contributed by atoms with Gasteiger partial charge in [0.1, 0.15) is 23.9 Å². The lowest BCUT2D eigenvalue weighted by Crippen LogP contribution is -2.13. The van der Waals surface area contributed by atoms with Crippen LogP contribution >= 0.6 is 11.6 Å². The van der Waals surface area contributed by atoms with Gasteiger partial charge in [-0.25, -0.2) is 4.39 Å². The molecule has 0 aliphatic carbocycles. The first kappa shape index (κ1) is 16.5. The van der Waals surface area contributed by atoms with Gasteiger partial charge in [0.25, 0.3) is 0 Å². The molecule has 1 aromatic heterocycles. The molecule has 1 N–H and O–H groups in total. The molecule has 0 bridgehead atoms. The van der Waals surface area contributed by atoms with Crippen LogP contribution in [0.1, 0.15) is 16.8 Å². The number of nitrogens with zero attached hydrogens (tertiary/aromatic N) is 2. The van der Waals surface area contributed by atoms with E-state index >= 15 is 0 Å². The van der Waals surface area contributed by atoms with Crippen LogP contribution in [0.3, 0.4) is 0 Å². The van der Waals surface area contributed by atoms with Crippen LogP contribution in [0, 0.1) is 5.82 Å². The number of benzene rings is 2. The van der Waals surface area contributed by atoms with Crippen LogP contribution in [0.2, 0.25) is 5.02 Å². The molecule has 0 amide bonds. The van der Waals surface area contributed by atoms with Crippen LogP contribution in [0.25, 0.3) is 0 Å². The molecular weight excluding hydrogens is 353 g/mol. The minimum Gasteiger partial charge on any atom is -0.487 e. The molecule has 0 saturated heterocycles.